The van der Waals surface area contributed by atoms with Gasteiger partial charge >= 0.3 is 0 Å². The fourth-order valence-corrected chi connectivity index (χ4v) is 5.79. The van der Waals surface area contributed by atoms with Crippen LogP contribution in [0.3, 0.4) is 0 Å². The van der Waals surface area contributed by atoms with Crippen LogP contribution in [0.15, 0.2) is 71.6 Å². The van der Waals surface area contributed by atoms with Crippen LogP contribution >= 0.6 is 11.6 Å². The summed E-state index contributed by atoms with van der Waals surface area (Å²) in [7, 11) is -1.26. The van der Waals surface area contributed by atoms with Crippen molar-refractivity contribution < 1.29 is 22.7 Å². The highest BCUT2D eigenvalue weighted by molar-refractivity contribution is 7.97. The summed E-state index contributed by atoms with van der Waals surface area (Å²) in [6.07, 6.45) is 0. The molecule has 0 radical (unpaired) electrons. The Labute approximate surface area is 203 Å². The summed E-state index contributed by atoms with van der Waals surface area (Å²) in [4.78, 5) is 13.0. The fourth-order valence-electron chi connectivity index (χ4n) is 3.88. The molecule has 0 saturated heterocycles. The summed E-state index contributed by atoms with van der Waals surface area (Å²) in [5.74, 6) is 0.0285. The Morgan fingerprint density at radius 2 is 1.59 bits per heavy atom. The number of carbonyl (C=O) groups excluding carboxylic acids is 1. The third-order valence-electron chi connectivity index (χ3n) is 5.56. The van der Waals surface area contributed by atoms with Gasteiger partial charge in [-0.25, -0.2) is 8.42 Å². The van der Waals surface area contributed by atoms with Crippen LogP contribution in [-0.2, 0) is 21.4 Å². The van der Waals surface area contributed by atoms with Crippen molar-refractivity contribution in [1.82, 2.24) is 0 Å². The molecular formula is C25H23ClN2O5S. The Kier molecular flexibility index (Phi) is 6.54. The van der Waals surface area contributed by atoms with Gasteiger partial charge in [-0.15, -0.1) is 0 Å². The SMILES string of the molecule is COc1cc2c(cc1OC)N(Cc1ccccc1)S(=O)(=O)C(C(=O)Nc1ccccc1Cl)=C2C. The minimum absolute atomic E-state index is 0.0296. The van der Waals surface area contributed by atoms with Gasteiger partial charge in [-0.1, -0.05) is 54.1 Å². The number of hydrogen-bond donors (Lipinski definition) is 1. The first-order valence-electron chi connectivity index (χ1n) is 10.4. The zero-order valence-corrected chi connectivity index (χ0v) is 20.4. The molecule has 7 nitrogen and oxygen atoms in total. The van der Waals surface area contributed by atoms with Crippen LogP contribution < -0.4 is 19.1 Å². The van der Waals surface area contributed by atoms with Crippen molar-refractivity contribution in [1.29, 1.82) is 0 Å². The van der Waals surface area contributed by atoms with E-state index in [1.165, 1.54) is 18.5 Å². The number of allylic oxidation sites excluding steroid dienone is 1. The maximum atomic E-state index is 13.9. The number of fused-ring (bicyclic) bond motifs is 1. The average molecular weight is 499 g/mol. The summed E-state index contributed by atoms with van der Waals surface area (Å²) < 4.78 is 39.8. The van der Waals surface area contributed by atoms with Gasteiger partial charge in [-0.2, -0.15) is 0 Å². The topological polar surface area (TPSA) is 84.9 Å². The number of amides is 1. The largest absolute Gasteiger partial charge is 0.493 e. The first-order valence-corrected chi connectivity index (χ1v) is 12.2. The van der Waals surface area contributed by atoms with Gasteiger partial charge in [0.1, 0.15) is 0 Å². The van der Waals surface area contributed by atoms with E-state index in [4.69, 9.17) is 21.1 Å². The van der Waals surface area contributed by atoms with E-state index in [0.29, 0.717) is 39.0 Å². The van der Waals surface area contributed by atoms with Gasteiger partial charge in [0, 0.05) is 11.6 Å². The summed E-state index contributed by atoms with van der Waals surface area (Å²) in [5.41, 5.74) is 2.32. The highest BCUT2D eigenvalue weighted by Gasteiger charge is 2.40. The second kappa shape index (κ2) is 9.40. The molecule has 4 rings (SSSR count). The van der Waals surface area contributed by atoms with E-state index in [1.54, 1.807) is 43.3 Å². The molecule has 0 aromatic heterocycles. The van der Waals surface area contributed by atoms with Crippen LogP contribution in [0.4, 0.5) is 11.4 Å². The standard InChI is InChI=1S/C25H23ClN2O5S/c1-16-18-13-22(32-2)23(33-3)14-21(18)28(15-17-9-5-4-6-10-17)34(30,31)24(16)25(29)27-20-12-8-7-11-19(20)26/h4-14H,15H2,1-3H3,(H,27,29). The summed E-state index contributed by atoms with van der Waals surface area (Å²) >= 11 is 6.18. The van der Waals surface area contributed by atoms with E-state index in [2.05, 4.69) is 5.32 Å². The lowest BCUT2D eigenvalue weighted by Crippen LogP contribution is -2.39. The molecule has 0 saturated carbocycles. The third-order valence-corrected chi connectivity index (χ3v) is 7.80. The van der Waals surface area contributed by atoms with Crippen LogP contribution in [0.5, 0.6) is 11.5 Å². The van der Waals surface area contributed by atoms with Crippen LogP contribution in [0.1, 0.15) is 18.1 Å². The second-order valence-electron chi connectivity index (χ2n) is 7.61. The first-order chi connectivity index (χ1) is 16.3. The number of rotatable bonds is 6. The van der Waals surface area contributed by atoms with Crippen molar-refractivity contribution in [2.75, 3.05) is 23.8 Å². The molecular weight excluding hydrogens is 476 g/mol. The fraction of sp³-hybridized carbons (Fsp3) is 0.160. The lowest BCUT2D eigenvalue weighted by molar-refractivity contribution is -0.112. The number of hydrogen-bond acceptors (Lipinski definition) is 5. The molecule has 176 valence electrons. The number of benzene rings is 3. The number of nitrogens with one attached hydrogen (secondary N) is 1. The Balaban J connectivity index is 1.90. The number of methoxy groups -OCH3 is 2. The Morgan fingerprint density at radius 3 is 2.24 bits per heavy atom. The van der Waals surface area contributed by atoms with Gasteiger partial charge in [-0.05, 0) is 36.3 Å². The Hall–Kier alpha value is -3.49. The lowest BCUT2D eigenvalue weighted by Gasteiger charge is -2.33. The number of carbonyl (C=O) groups is 1. The maximum absolute atomic E-state index is 13.9. The monoisotopic (exact) mass is 498 g/mol. The molecule has 0 bridgehead atoms. The summed E-state index contributed by atoms with van der Waals surface area (Å²) in [6, 6.07) is 19.1. The predicted molar refractivity (Wildman–Crippen MR) is 134 cm³/mol. The van der Waals surface area contributed by atoms with E-state index in [1.807, 2.05) is 30.3 Å². The minimum Gasteiger partial charge on any atom is -0.493 e. The van der Waals surface area contributed by atoms with E-state index in [-0.39, 0.29) is 11.4 Å². The molecule has 0 atom stereocenters. The molecule has 1 aliphatic rings. The third kappa shape index (κ3) is 4.22. The van der Waals surface area contributed by atoms with Crippen LogP contribution in [-0.4, -0.2) is 28.5 Å². The average Bonchev–Trinajstić information content (AvgIpc) is 2.83. The normalized spacial score (nSPS) is 14.4. The minimum atomic E-state index is -4.24. The van der Waals surface area contributed by atoms with Crippen molar-refractivity contribution in [2.45, 2.75) is 13.5 Å². The highest BCUT2D eigenvalue weighted by atomic mass is 35.5. The van der Waals surface area contributed by atoms with Gasteiger partial charge in [0.15, 0.2) is 16.4 Å². The van der Waals surface area contributed by atoms with Crippen molar-refractivity contribution in [3.8, 4) is 11.5 Å². The highest BCUT2D eigenvalue weighted by Crippen LogP contribution is 2.45. The number of para-hydroxylation sites is 1. The molecule has 1 aliphatic heterocycles. The quantitative estimate of drug-likeness (QED) is 0.512. The lowest BCUT2D eigenvalue weighted by atomic mass is 10.0. The van der Waals surface area contributed by atoms with Crippen molar-refractivity contribution >= 4 is 44.5 Å². The molecule has 1 amide bonds. The molecule has 3 aromatic carbocycles. The van der Waals surface area contributed by atoms with Gasteiger partial charge in [-0.3, -0.25) is 9.10 Å². The predicted octanol–water partition coefficient (Wildman–Crippen LogP) is 5.08. The maximum Gasteiger partial charge on any atom is 0.270 e. The van der Waals surface area contributed by atoms with Gasteiger partial charge < -0.3 is 14.8 Å². The molecule has 0 unspecified atom stereocenters. The Bertz CT molecular complexity index is 1390. The Morgan fingerprint density at radius 1 is 0.971 bits per heavy atom. The van der Waals surface area contributed by atoms with Gasteiger partial charge in [0.2, 0.25) is 0 Å². The van der Waals surface area contributed by atoms with Gasteiger partial charge in [0.25, 0.3) is 15.9 Å². The summed E-state index contributed by atoms with van der Waals surface area (Å²) in [5, 5.41) is 2.94. The number of halogens is 1. The van der Waals surface area contributed by atoms with E-state index >= 15 is 0 Å². The number of nitrogens with zero attached hydrogens (tertiary/aromatic N) is 1. The number of ether oxygens (including phenoxy) is 2. The van der Waals surface area contributed by atoms with E-state index in [0.717, 1.165) is 5.56 Å². The van der Waals surface area contributed by atoms with E-state index in [9.17, 15) is 13.2 Å². The molecule has 0 fully saturated rings. The van der Waals surface area contributed by atoms with Crippen LogP contribution in [0, 0.1) is 0 Å². The van der Waals surface area contributed by atoms with Crippen LogP contribution in [0.2, 0.25) is 5.02 Å². The van der Waals surface area contributed by atoms with Crippen molar-refractivity contribution in [2.24, 2.45) is 0 Å². The van der Waals surface area contributed by atoms with Crippen LogP contribution in [0.25, 0.3) is 5.57 Å². The second-order valence-corrected chi connectivity index (χ2v) is 9.82. The van der Waals surface area contributed by atoms with Crippen molar-refractivity contribution in [3.05, 3.63) is 87.8 Å². The van der Waals surface area contributed by atoms with Gasteiger partial charge in [0.05, 0.1) is 37.2 Å². The molecule has 0 aliphatic carbocycles. The zero-order chi connectivity index (χ0) is 24.5. The molecule has 1 heterocycles. The molecule has 0 spiro atoms. The van der Waals surface area contributed by atoms with E-state index < -0.39 is 15.9 Å². The first kappa shape index (κ1) is 23.7. The number of anilines is 2. The summed E-state index contributed by atoms with van der Waals surface area (Å²) in [6.45, 7) is 1.63. The molecule has 3 aromatic rings. The molecule has 9 heteroatoms. The smallest absolute Gasteiger partial charge is 0.270 e. The molecule has 34 heavy (non-hydrogen) atoms. The van der Waals surface area contributed by atoms with Crippen molar-refractivity contribution in [3.63, 3.8) is 0 Å². The number of sulfonamides is 1. The zero-order valence-electron chi connectivity index (χ0n) is 18.8. The molecule has 1 N–H and O–H groups in total.